The number of benzene rings is 1. The molecule has 3 rings (SSSR count). The molecule has 0 radical (unpaired) electrons. The van der Waals surface area contributed by atoms with Crippen molar-refractivity contribution in [3.05, 3.63) is 41.8 Å². The molecule has 1 fully saturated rings. The lowest BCUT2D eigenvalue weighted by atomic mass is 10.0. The van der Waals surface area contributed by atoms with E-state index in [0.717, 1.165) is 30.2 Å². The number of carbonyl (C=O) groups is 1. The van der Waals surface area contributed by atoms with Crippen molar-refractivity contribution in [2.24, 2.45) is 5.92 Å². The first-order chi connectivity index (χ1) is 12.6. The number of carbonyl (C=O) groups excluding carboxylic acids is 1. The Morgan fingerprint density at radius 1 is 1.23 bits per heavy atom. The fourth-order valence-electron chi connectivity index (χ4n) is 2.92. The highest BCUT2D eigenvalue weighted by Gasteiger charge is 2.24. The average molecular weight is 375 g/mol. The Morgan fingerprint density at radius 2 is 1.96 bits per heavy atom. The van der Waals surface area contributed by atoms with Crippen LogP contribution in [-0.2, 0) is 11.2 Å². The van der Waals surface area contributed by atoms with Gasteiger partial charge in [-0.15, -0.1) is 5.10 Å². The van der Waals surface area contributed by atoms with Gasteiger partial charge in [0.1, 0.15) is 6.04 Å². The minimum Gasteiger partial charge on any atom is -0.406 e. The second kappa shape index (κ2) is 9.07. The molecule has 1 aromatic heterocycles. The largest absolute Gasteiger partial charge is 0.406 e. The van der Waals surface area contributed by atoms with E-state index in [-0.39, 0.29) is 11.9 Å². The van der Waals surface area contributed by atoms with E-state index in [0.29, 0.717) is 30.7 Å². The zero-order valence-electron chi connectivity index (χ0n) is 15.4. The van der Waals surface area contributed by atoms with Gasteiger partial charge < -0.3 is 14.6 Å². The molecule has 1 aromatic carbocycles. The number of thioether (sulfide) groups is 1. The Balaban J connectivity index is 1.75. The molecule has 1 amide bonds. The quantitative estimate of drug-likeness (QED) is 0.803. The predicted octanol–water partition coefficient (Wildman–Crippen LogP) is 3.07. The SMILES string of the molecule is CC(C)CC(=O)NC(Cc1ccccc1)c1nnc(N2CCSCC2)o1. The molecule has 1 N–H and O–H groups in total. The highest BCUT2D eigenvalue weighted by atomic mass is 32.2. The summed E-state index contributed by atoms with van der Waals surface area (Å²) >= 11 is 1.93. The summed E-state index contributed by atoms with van der Waals surface area (Å²) in [4.78, 5) is 14.4. The van der Waals surface area contributed by atoms with Gasteiger partial charge in [0.2, 0.25) is 11.8 Å². The molecule has 0 spiro atoms. The van der Waals surface area contributed by atoms with Crippen molar-refractivity contribution in [3.8, 4) is 0 Å². The number of anilines is 1. The number of rotatable bonds is 7. The smallest absolute Gasteiger partial charge is 0.318 e. The second-order valence-electron chi connectivity index (χ2n) is 6.93. The highest BCUT2D eigenvalue weighted by molar-refractivity contribution is 7.99. The first kappa shape index (κ1) is 18.8. The van der Waals surface area contributed by atoms with Crippen molar-refractivity contribution in [2.45, 2.75) is 32.7 Å². The van der Waals surface area contributed by atoms with E-state index in [2.05, 4.69) is 20.4 Å². The summed E-state index contributed by atoms with van der Waals surface area (Å²) in [6.45, 7) is 5.89. The van der Waals surface area contributed by atoms with Crippen molar-refractivity contribution < 1.29 is 9.21 Å². The van der Waals surface area contributed by atoms with Gasteiger partial charge in [0.25, 0.3) is 0 Å². The first-order valence-corrected chi connectivity index (χ1v) is 10.3. The summed E-state index contributed by atoms with van der Waals surface area (Å²) < 4.78 is 5.94. The lowest BCUT2D eigenvalue weighted by molar-refractivity contribution is -0.122. The molecule has 140 valence electrons. The second-order valence-corrected chi connectivity index (χ2v) is 8.15. The summed E-state index contributed by atoms with van der Waals surface area (Å²) in [6.07, 6.45) is 1.11. The van der Waals surface area contributed by atoms with Crippen LogP contribution in [0.4, 0.5) is 6.01 Å². The maximum Gasteiger partial charge on any atom is 0.318 e. The zero-order chi connectivity index (χ0) is 18.4. The third-order valence-corrected chi connectivity index (χ3v) is 5.16. The summed E-state index contributed by atoms with van der Waals surface area (Å²) in [6, 6.07) is 10.3. The normalized spacial score (nSPS) is 15.9. The molecular weight excluding hydrogens is 348 g/mol. The Bertz CT molecular complexity index is 699. The predicted molar refractivity (Wildman–Crippen MR) is 104 cm³/mol. The molecule has 1 atom stereocenters. The van der Waals surface area contributed by atoms with Crippen LogP contribution in [-0.4, -0.2) is 40.7 Å². The molecule has 1 saturated heterocycles. The Morgan fingerprint density at radius 3 is 2.65 bits per heavy atom. The van der Waals surface area contributed by atoms with Gasteiger partial charge in [-0.2, -0.15) is 11.8 Å². The molecule has 0 bridgehead atoms. The number of nitrogens with zero attached hydrogens (tertiary/aromatic N) is 3. The van der Waals surface area contributed by atoms with Crippen molar-refractivity contribution in [2.75, 3.05) is 29.5 Å². The van der Waals surface area contributed by atoms with Crippen molar-refractivity contribution in [1.82, 2.24) is 15.5 Å². The Hall–Kier alpha value is -2.02. The van der Waals surface area contributed by atoms with Crippen LogP contribution in [0.5, 0.6) is 0 Å². The van der Waals surface area contributed by atoms with Gasteiger partial charge in [-0.25, -0.2) is 0 Å². The van der Waals surface area contributed by atoms with E-state index in [4.69, 9.17) is 4.42 Å². The van der Waals surface area contributed by atoms with Gasteiger partial charge in [0.05, 0.1) is 0 Å². The molecule has 7 heteroatoms. The van der Waals surface area contributed by atoms with Crippen LogP contribution in [0.3, 0.4) is 0 Å². The Labute approximate surface area is 158 Å². The molecular formula is C19H26N4O2S. The van der Waals surface area contributed by atoms with Gasteiger partial charge >= 0.3 is 6.01 Å². The molecule has 0 aliphatic carbocycles. The van der Waals surface area contributed by atoms with Crippen molar-refractivity contribution in [1.29, 1.82) is 0 Å². The monoisotopic (exact) mass is 374 g/mol. The maximum absolute atomic E-state index is 12.3. The number of aromatic nitrogens is 2. The van der Waals surface area contributed by atoms with E-state index >= 15 is 0 Å². The standard InChI is InChI=1S/C19H26N4O2S/c1-14(2)12-17(24)20-16(13-15-6-4-3-5-7-15)18-21-22-19(25-18)23-8-10-26-11-9-23/h3-7,14,16H,8-13H2,1-2H3,(H,20,24). The third kappa shape index (κ3) is 5.24. The fourth-order valence-corrected chi connectivity index (χ4v) is 3.83. The molecule has 6 nitrogen and oxygen atoms in total. The first-order valence-electron chi connectivity index (χ1n) is 9.11. The van der Waals surface area contributed by atoms with Crippen molar-refractivity contribution in [3.63, 3.8) is 0 Å². The van der Waals surface area contributed by atoms with Crippen LogP contribution >= 0.6 is 11.8 Å². The summed E-state index contributed by atoms with van der Waals surface area (Å²) in [5, 5.41) is 11.5. The minimum atomic E-state index is -0.316. The molecule has 0 saturated carbocycles. The molecule has 1 aliphatic heterocycles. The van der Waals surface area contributed by atoms with E-state index in [1.54, 1.807) is 0 Å². The minimum absolute atomic E-state index is 0.00931. The van der Waals surface area contributed by atoms with E-state index in [1.807, 2.05) is 55.9 Å². The van der Waals surface area contributed by atoms with Gasteiger partial charge in [0.15, 0.2) is 0 Å². The van der Waals surface area contributed by atoms with E-state index < -0.39 is 0 Å². The van der Waals surface area contributed by atoms with Crippen molar-refractivity contribution >= 4 is 23.7 Å². The lowest BCUT2D eigenvalue weighted by Crippen LogP contribution is -2.32. The fraction of sp³-hybridized carbons (Fsp3) is 0.526. The molecule has 1 unspecified atom stereocenters. The zero-order valence-corrected chi connectivity index (χ0v) is 16.2. The van der Waals surface area contributed by atoms with Crippen LogP contribution in [0.2, 0.25) is 0 Å². The summed E-state index contributed by atoms with van der Waals surface area (Å²) in [5.74, 6) is 2.91. The number of hydrogen-bond donors (Lipinski definition) is 1. The number of nitrogens with one attached hydrogen (secondary N) is 1. The van der Waals surface area contributed by atoms with Gasteiger partial charge in [-0.3, -0.25) is 4.79 Å². The number of amides is 1. The summed E-state index contributed by atoms with van der Waals surface area (Å²) in [7, 11) is 0. The van der Waals surface area contributed by atoms with Gasteiger partial charge in [0, 0.05) is 37.4 Å². The molecule has 2 heterocycles. The lowest BCUT2D eigenvalue weighted by Gasteiger charge is -2.24. The third-order valence-electron chi connectivity index (χ3n) is 4.22. The van der Waals surface area contributed by atoms with Gasteiger partial charge in [-0.05, 0) is 11.5 Å². The Kier molecular flexibility index (Phi) is 6.55. The average Bonchev–Trinajstić information content (AvgIpc) is 3.12. The maximum atomic E-state index is 12.3. The number of hydrogen-bond acceptors (Lipinski definition) is 6. The van der Waals surface area contributed by atoms with Crippen LogP contribution < -0.4 is 10.2 Å². The van der Waals surface area contributed by atoms with Crippen LogP contribution in [0.15, 0.2) is 34.7 Å². The van der Waals surface area contributed by atoms with E-state index in [1.165, 1.54) is 0 Å². The highest BCUT2D eigenvalue weighted by Crippen LogP contribution is 2.23. The molecule has 2 aromatic rings. The summed E-state index contributed by atoms with van der Waals surface area (Å²) in [5.41, 5.74) is 1.12. The molecule has 1 aliphatic rings. The van der Waals surface area contributed by atoms with Crippen LogP contribution in [0.25, 0.3) is 0 Å². The van der Waals surface area contributed by atoms with E-state index in [9.17, 15) is 4.79 Å². The molecule has 26 heavy (non-hydrogen) atoms. The van der Waals surface area contributed by atoms with Crippen LogP contribution in [0.1, 0.15) is 37.8 Å². The van der Waals surface area contributed by atoms with Crippen LogP contribution in [0, 0.1) is 5.92 Å². The van der Waals surface area contributed by atoms with Gasteiger partial charge in [-0.1, -0.05) is 49.3 Å². The topological polar surface area (TPSA) is 71.3 Å².